The summed E-state index contributed by atoms with van der Waals surface area (Å²) in [5.41, 5.74) is 6.01. The summed E-state index contributed by atoms with van der Waals surface area (Å²) in [5.74, 6) is -2.18. The van der Waals surface area contributed by atoms with E-state index in [1.54, 1.807) is 23.7 Å². The minimum Gasteiger partial charge on any atom is -0.477 e. The third kappa shape index (κ3) is 11.6. The quantitative estimate of drug-likeness (QED) is 0.379. The molecule has 0 amide bonds. The third-order valence-corrected chi connectivity index (χ3v) is 4.62. The van der Waals surface area contributed by atoms with Gasteiger partial charge in [0, 0.05) is 23.2 Å². The molecule has 0 aliphatic heterocycles. The molecule has 3 rings (SSSR count). The van der Waals surface area contributed by atoms with Crippen molar-refractivity contribution < 1.29 is 24.2 Å². The lowest BCUT2D eigenvalue weighted by molar-refractivity contribution is -0.148. The summed E-state index contributed by atoms with van der Waals surface area (Å²) < 4.78 is 5.90. The molecule has 0 fully saturated rings. The number of aryl methyl sites for hydroxylation is 1. The summed E-state index contributed by atoms with van der Waals surface area (Å²) in [6.07, 6.45) is 3.39. The van der Waals surface area contributed by atoms with Gasteiger partial charge in [0.1, 0.15) is 11.7 Å². The molecule has 0 aliphatic carbocycles. The van der Waals surface area contributed by atoms with Crippen LogP contribution in [0.25, 0.3) is 4.96 Å². The van der Waals surface area contributed by atoms with Crippen LogP contribution in [0.5, 0.6) is 0 Å². The molecule has 0 bridgehead atoms. The minimum atomic E-state index is -0.932. The highest BCUT2D eigenvalue weighted by Crippen LogP contribution is 2.16. The second kappa shape index (κ2) is 18.9. The maximum Gasteiger partial charge on any atom is 0.354 e. The Morgan fingerprint density at radius 3 is 2.03 bits per heavy atom. The Hall–Kier alpha value is -2.79. The number of thiazole rings is 2. The van der Waals surface area contributed by atoms with Gasteiger partial charge in [-0.3, -0.25) is 14.0 Å². The van der Waals surface area contributed by atoms with E-state index >= 15 is 0 Å². The van der Waals surface area contributed by atoms with Gasteiger partial charge in [0.25, 0.3) is 0 Å². The first kappa shape index (κ1) is 33.8. The number of fused-ring (bicyclic) bond motifs is 1. The Morgan fingerprint density at radius 1 is 1.16 bits per heavy atom. The van der Waals surface area contributed by atoms with Crippen LogP contribution in [-0.2, 0) is 14.3 Å². The molecular formula is C21H36N4O5S2. The highest BCUT2D eigenvalue weighted by atomic mass is 32.1. The lowest BCUT2D eigenvalue weighted by Gasteiger charge is -2.02. The number of carboxylic acids is 1. The molecule has 0 aromatic carbocycles. The van der Waals surface area contributed by atoms with Crippen molar-refractivity contribution in [1.29, 1.82) is 0 Å². The van der Waals surface area contributed by atoms with Crippen molar-refractivity contribution in [2.24, 2.45) is 5.92 Å². The summed E-state index contributed by atoms with van der Waals surface area (Å²) in [4.78, 5) is 40.2. The number of carbonyl (C=O) groups excluding carboxylic acids is 2. The molecule has 0 saturated carbocycles. The third-order valence-electron chi connectivity index (χ3n) is 3.25. The van der Waals surface area contributed by atoms with Crippen LogP contribution in [0.3, 0.4) is 0 Å². The van der Waals surface area contributed by atoms with Crippen LogP contribution in [0.1, 0.15) is 65.2 Å². The number of imidazole rings is 1. The van der Waals surface area contributed by atoms with E-state index in [1.807, 2.05) is 38.5 Å². The van der Waals surface area contributed by atoms with Gasteiger partial charge >= 0.3 is 11.9 Å². The van der Waals surface area contributed by atoms with E-state index in [9.17, 15) is 14.4 Å². The summed E-state index contributed by atoms with van der Waals surface area (Å²) >= 11 is 2.87. The van der Waals surface area contributed by atoms with Gasteiger partial charge in [0.05, 0.1) is 12.8 Å². The topological polar surface area (TPSA) is 137 Å². The number of carbonyl (C=O) groups is 3. The average Bonchev–Trinajstić information content (AvgIpc) is 3.48. The van der Waals surface area contributed by atoms with Gasteiger partial charge in [-0.15, -0.1) is 22.7 Å². The van der Waals surface area contributed by atoms with Crippen LogP contribution >= 0.6 is 22.7 Å². The second-order valence-corrected chi connectivity index (χ2v) is 6.93. The molecule has 3 aromatic rings. The Bertz CT molecular complexity index is 905. The fourth-order valence-electron chi connectivity index (χ4n) is 1.73. The number of esters is 1. The molecule has 3 aromatic heterocycles. The van der Waals surface area contributed by atoms with Crippen LogP contribution < -0.4 is 5.73 Å². The van der Waals surface area contributed by atoms with Crippen molar-refractivity contribution in [2.75, 3.05) is 12.8 Å². The number of ether oxygens (including phenoxy) is 1. The van der Waals surface area contributed by atoms with Crippen LogP contribution in [-0.4, -0.2) is 44.3 Å². The van der Waals surface area contributed by atoms with E-state index in [4.69, 9.17) is 10.8 Å². The summed E-state index contributed by atoms with van der Waals surface area (Å²) in [7, 11) is 1.27. The Morgan fingerprint density at radius 2 is 1.72 bits per heavy atom. The molecule has 32 heavy (non-hydrogen) atoms. The van der Waals surface area contributed by atoms with E-state index < -0.39 is 17.9 Å². The van der Waals surface area contributed by atoms with E-state index in [2.05, 4.69) is 14.7 Å². The molecule has 182 valence electrons. The lowest BCUT2D eigenvalue weighted by Crippen LogP contribution is -2.19. The van der Waals surface area contributed by atoms with Gasteiger partial charge in [0.15, 0.2) is 15.8 Å². The number of hydrogen-bond donors (Lipinski definition) is 2. The zero-order chi connectivity index (χ0) is 24.6. The fraction of sp³-hybridized carbons (Fsp3) is 0.476. The largest absolute Gasteiger partial charge is 0.477 e. The summed E-state index contributed by atoms with van der Waals surface area (Å²) in [6.45, 7) is 12.6. The maximum atomic E-state index is 10.7. The van der Waals surface area contributed by atoms with Crippen molar-refractivity contribution in [3.8, 4) is 0 Å². The monoisotopic (exact) mass is 488 g/mol. The normalized spacial score (nSPS) is 9.50. The fourth-order valence-corrected chi connectivity index (χ4v) is 2.87. The van der Waals surface area contributed by atoms with Gasteiger partial charge < -0.3 is 15.6 Å². The Labute approximate surface area is 198 Å². The number of nitrogen functional groups attached to an aromatic ring is 1. The summed E-state index contributed by atoms with van der Waals surface area (Å²) in [6, 6.07) is 0. The first-order valence-electron chi connectivity index (χ1n) is 9.57. The zero-order valence-corrected chi connectivity index (χ0v) is 20.8. The number of carboxylic acid groups (broad SMARTS) is 1. The van der Waals surface area contributed by atoms with Crippen molar-refractivity contribution in [3.63, 3.8) is 0 Å². The predicted octanol–water partition coefficient (Wildman–Crippen LogP) is 5.20. The highest BCUT2D eigenvalue weighted by molar-refractivity contribution is 7.15. The highest BCUT2D eigenvalue weighted by Gasteiger charge is 2.17. The number of nitrogens with zero attached hydrogens (tertiary/aromatic N) is 3. The van der Waals surface area contributed by atoms with E-state index in [-0.39, 0.29) is 18.9 Å². The average molecular weight is 489 g/mol. The number of aromatic carboxylic acids is 1. The molecule has 11 heteroatoms. The van der Waals surface area contributed by atoms with Gasteiger partial charge in [-0.05, 0) is 20.8 Å². The molecule has 0 aliphatic rings. The number of hydrogen-bond acceptors (Lipinski definition) is 9. The lowest BCUT2D eigenvalue weighted by atomic mass is 10.1. The van der Waals surface area contributed by atoms with Crippen molar-refractivity contribution in [3.05, 3.63) is 34.5 Å². The smallest absolute Gasteiger partial charge is 0.354 e. The standard InChI is InChI=1S/C7H6N2O2S.C6H10O3.C3H4N2S.2C2H6.CH4/c1-4-5(6(10)11)9-2-3-12-7(9)8-4;1-4(5(2)7)6(8)9-3;4-3-5-1-2-6-3;2*1-2;/h2-3H,1H3,(H,10,11);4H,1-3H3;1-2H,(H2,4,5);2*1-2H3;1H4. The molecule has 1 atom stereocenters. The molecule has 3 N–H and O–H groups in total. The number of Topliss-reactive ketones (excluding diaryl/α,β-unsaturated/α-hetero) is 1. The first-order chi connectivity index (χ1) is 14.7. The number of ketones is 1. The minimum absolute atomic E-state index is 0. The van der Waals surface area contributed by atoms with Crippen molar-refractivity contribution in [1.82, 2.24) is 14.4 Å². The van der Waals surface area contributed by atoms with Gasteiger partial charge in [-0.2, -0.15) is 0 Å². The zero-order valence-electron chi connectivity index (χ0n) is 19.2. The van der Waals surface area contributed by atoms with Crippen LogP contribution in [0.2, 0.25) is 0 Å². The molecule has 3 heterocycles. The van der Waals surface area contributed by atoms with Crippen molar-refractivity contribution >= 4 is 50.5 Å². The van der Waals surface area contributed by atoms with Gasteiger partial charge in [-0.1, -0.05) is 35.1 Å². The van der Waals surface area contributed by atoms with E-state index in [1.165, 1.54) is 43.6 Å². The molecule has 0 radical (unpaired) electrons. The molecule has 1 unspecified atom stereocenters. The number of methoxy groups -OCH3 is 1. The Kier molecular flexibility index (Phi) is 20.0. The van der Waals surface area contributed by atoms with E-state index in [0.29, 0.717) is 10.8 Å². The van der Waals surface area contributed by atoms with Gasteiger partial charge in [-0.25, -0.2) is 14.8 Å². The van der Waals surface area contributed by atoms with E-state index in [0.717, 1.165) is 4.96 Å². The molecule has 9 nitrogen and oxygen atoms in total. The first-order valence-corrected chi connectivity index (χ1v) is 11.3. The van der Waals surface area contributed by atoms with Crippen LogP contribution in [0.4, 0.5) is 5.13 Å². The number of nitrogens with two attached hydrogens (primary N) is 1. The van der Waals surface area contributed by atoms with Crippen LogP contribution in [0.15, 0.2) is 23.2 Å². The summed E-state index contributed by atoms with van der Waals surface area (Å²) in [5, 5.41) is 13.1. The SMILES string of the molecule is C.CC.CC.COC(=O)C(C)C(C)=O.Cc1nc2sccn2c1C(=O)O.Nc1nccs1. The second-order valence-electron chi connectivity index (χ2n) is 5.13. The molecule has 0 saturated heterocycles. The number of aromatic nitrogens is 3. The van der Waals surface area contributed by atoms with Crippen LogP contribution in [0, 0.1) is 12.8 Å². The number of anilines is 1. The maximum absolute atomic E-state index is 10.7. The Balaban J connectivity index is -0.000000376. The predicted molar refractivity (Wildman–Crippen MR) is 133 cm³/mol. The molecular weight excluding hydrogens is 452 g/mol. The number of rotatable bonds is 3. The molecule has 0 spiro atoms. The van der Waals surface area contributed by atoms with Crippen molar-refractivity contribution in [2.45, 2.75) is 55.9 Å². The van der Waals surface area contributed by atoms with Gasteiger partial charge in [0.2, 0.25) is 0 Å².